The van der Waals surface area contributed by atoms with Crippen LogP contribution in [0.25, 0.3) is 0 Å². The van der Waals surface area contributed by atoms with Gasteiger partial charge in [0.05, 0.1) is 5.92 Å². The third-order valence-electron chi connectivity index (χ3n) is 5.39. The summed E-state index contributed by atoms with van der Waals surface area (Å²) in [7, 11) is 0. The van der Waals surface area contributed by atoms with Gasteiger partial charge in [-0.2, -0.15) is 0 Å². The maximum atomic E-state index is 13.4. The summed E-state index contributed by atoms with van der Waals surface area (Å²) in [5.41, 5.74) is 1.79. The first-order chi connectivity index (χ1) is 14.7. The molecule has 4 rings (SSSR count). The summed E-state index contributed by atoms with van der Waals surface area (Å²) < 4.78 is 1.50. The number of piperidine rings is 1. The lowest BCUT2D eigenvalue weighted by molar-refractivity contribution is -0.138. The van der Waals surface area contributed by atoms with E-state index in [0.29, 0.717) is 19.5 Å². The van der Waals surface area contributed by atoms with Crippen molar-refractivity contribution in [2.75, 3.05) is 18.4 Å². The summed E-state index contributed by atoms with van der Waals surface area (Å²) in [6.07, 6.45) is 3.50. The Hall–Kier alpha value is -3.55. The monoisotopic (exact) mass is 404 g/mol. The Balaban J connectivity index is 1.46. The number of anilines is 1. The largest absolute Gasteiger partial charge is 0.340 e. The van der Waals surface area contributed by atoms with Gasteiger partial charge in [0.2, 0.25) is 11.8 Å². The van der Waals surface area contributed by atoms with Crippen molar-refractivity contribution in [3.05, 3.63) is 72.6 Å². The summed E-state index contributed by atoms with van der Waals surface area (Å²) in [4.78, 5) is 27.9. The third-order valence-corrected chi connectivity index (χ3v) is 5.39. The zero-order valence-corrected chi connectivity index (χ0v) is 16.6. The van der Waals surface area contributed by atoms with Gasteiger partial charge in [0.1, 0.15) is 12.4 Å². The summed E-state index contributed by atoms with van der Waals surface area (Å²) in [6.45, 7) is 1.02. The molecule has 2 unspecified atom stereocenters. The predicted molar refractivity (Wildman–Crippen MR) is 111 cm³/mol. The number of likely N-dealkylation sites (tertiary alicyclic amines) is 1. The number of nitrogens with one attached hydrogen (secondary N) is 1. The quantitative estimate of drug-likeness (QED) is 0.681. The fraction of sp³-hybridized carbons (Fsp3) is 0.318. The van der Waals surface area contributed by atoms with Gasteiger partial charge in [-0.3, -0.25) is 9.59 Å². The first kappa shape index (κ1) is 19.8. The summed E-state index contributed by atoms with van der Waals surface area (Å²) in [5.74, 6) is -0.363. The summed E-state index contributed by atoms with van der Waals surface area (Å²) in [5, 5.41) is 14.3. The molecule has 0 bridgehead atoms. The van der Waals surface area contributed by atoms with Crippen LogP contribution in [-0.4, -0.2) is 50.0 Å². The van der Waals surface area contributed by atoms with Crippen LogP contribution in [-0.2, 0) is 16.0 Å². The number of carbonyl (C=O) groups excluding carboxylic acids is 2. The lowest BCUT2D eigenvalue weighted by Crippen LogP contribution is -2.46. The van der Waals surface area contributed by atoms with Gasteiger partial charge in [0.15, 0.2) is 0 Å². The molecule has 0 saturated carbocycles. The molecule has 1 saturated heterocycles. The van der Waals surface area contributed by atoms with Crippen molar-refractivity contribution in [2.45, 2.75) is 25.3 Å². The van der Waals surface area contributed by atoms with E-state index < -0.39 is 6.04 Å². The Morgan fingerprint density at radius 2 is 1.80 bits per heavy atom. The predicted octanol–water partition coefficient (Wildman–Crippen LogP) is 2.33. The molecule has 30 heavy (non-hydrogen) atoms. The average molecular weight is 404 g/mol. The van der Waals surface area contributed by atoms with Crippen molar-refractivity contribution in [3.63, 3.8) is 0 Å². The Morgan fingerprint density at radius 1 is 1.07 bits per heavy atom. The molecule has 1 aromatic heterocycles. The standard InChI is InChI=1S/C22H24N6O2/c29-21(24-19-11-5-2-6-12-19)18-10-7-13-27(15-18)22(30)20(28-16-23-25-26-28)14-17-8-3-1-4-9-17/h1-6,8-9,11-12,16,18,20H,7,10,13-15H2,(H,24,29). The van der Waals surface area contributed by atoms with Crippen LogP contribution in [0.15, 0.2) is 67.0 Å². The van der Waals surface area contributed by atoms with Gasteiger partial charge in [-0.25, -0.2) is 4.68 Å². The Bertz CT molecular complexity index is 962. The van der Waals surface area contributed by atoms with E-state index in [1.54, 1.807) is 4.90 Å². The lowest BCUT2D eigenvalue weighted by Gasteiger charge is -2.34. The summed E-state index contributed by atoms with van der Waals surface area (Å²) in [6, 6.07) is 18.6. The van der Waals surface area contributed by atoms with Crippen molar-refractivity contribution in [1.82, 2.24) is 25.1 Å². The lowest BCUT2D eigenvalue weighted by atomic mass is 9.95. The van der Waals surface area contributed by atoms with Crippen LogP contribution in [0, 0.1) is 5.92 Å². The Labute approximate surface area is 174 Å². The molecule has 8 nitrogen and oxygen atoms in total. The van der Waals surface area contributed by atoms with Crippen LogP contribution in [0.4, 0.5) is 5.69 Å². The molecule has 1 fully saturated rings. The molecule has 0 aliphatic carbocycles. The molecule has 2 atom stereocenters. The second kappa shape index (κ2) is 9.30. The Kier molecular flexibility index (Phi) is 6.12. The zero-order valence-electron chi connectivity index (χ0n) is 16.6. The van der Waals surface area contributed by atoms with E-state index in [4.69, 9.17) is 0 Å². The number of rotatable bonds is 6. The highest BCUT2D eigenvalue weighted by Crippen LogP contribution is 2.23. The molecular weight excluding hydrogens is 380 g/mol. The van der Waals surface area contributed by atoms with Crippen LogP contribution in [0.1, 0.15) is 24.4 Å². The maximum absolute atomic E-state index is 13.4. The number of nitrogens with zero attached hydrogens (tertiary/aromatic N) is 5. The number of hydrogen-bond acceptors (Lipinski definition) is 5. The molecule has 1 aliphatic rings. The number of benzene rings is 2. The summed E-state index contributed by atoms with van der Waals surface area (Å²) >= 11 is 0. The topological polar surface area (TPSA) is 93.0 Å². The highest BCUT2D eigenvalue weighted by molar-refractivity contribution is 5.93. The number of hydrogen-bond donors (Lipinski definition) is 1. The minimum absolute atomic E-state index is 0.0549. The van der Waals surface area contributed by atoms with Crippen molar-refractivity contribution >= 4 is 17.5 Å². The van der Waals surface area contributed by atoms with Crippen LogP contribution in [0.3, 0.4) is 0 Å². The first-order valence-corrected chi connectivity index (χ1v) is 10.1. The number of aromatic nitrogens is 4. The fourth-order valence-corrected chi connectivity index (χ4v) is 3.81. The number of para-hydroxylation sites is 1. The normalized spacial score (nSPS) is 17.3. The molecule has 2 aromatic carbocycles. The van der Waals surface area contributed by atoms with Gasteiger partial charge in [0, 0.05) is 25.2 Å². The maximum Gasteiger partial charge on any atom is 0.247 e. The van der Waals surface area contributed by atoms with E-state index in [9.17, 15) is 9.59 Å². The second-order valence-corrected chi connectivity index (χ2v) is 7.47. The van der Waals surface area contributed by atoms with Gasteiger partial charge in [-0.1, -0.05) is 48.5 Å². The molecular formula is C22H24N6O2. The van der Waals surface area contributed by atoms with E-state index in [0.717, 1.165) is 24.1 Å². The SMILES string of the molecule is O=C(Nc1ccccc1)C1CCCN(C(=O)C(Cc2ccccc2)n2cnnn2)C1. The van der Waals surface area contributed by atoms with E-state index in [-0.39, 0.29) is 17.7 Å². The Morgan fingerprint density at radius 3 is 2.50 bits per heavy atom. The van der Waals surface area contributed by atoms with E-state index in [1.165, 1.54) is 11.0 Å². The highest BCUT2D eigenvalue weighted by Gasteiger charge is 2.33. The van der Waals surface area contributed by atoms with Gasteiger partial charge >= 0.3 is 0 Å². The third kappa shape index (κ3) is 4.71. The van der Waals surface area contributed by atoms with E-state index >= 15 is 0 Å². The molecule has 1 N–H and O–H groups in total. The molecule has 154 valence electrons. The molecule has 2 amide bonds. The first-order valence-electron chi connectivity index (χ1n) is 10.1. The van der Waals surface area contributed by atoms with Crippen molar-refractivity contribution in [3.8, 4) is 0 Å². The zero-order chi connectivity index (χ0) is 20.8. The minimum atomic E-state index is -0.543. The van der Waals surface area contributed by atoms with Gasteiger partial charge < -0.3 is 10.2 Å². The van der Waals surface area contributed by atoms with Crippen LogP contribution in [0.2, 0.25) is 0 Å². The number of amides is 2. The minimum Gasteiger partial charge on any atom is -0.340 e. The average Bonchev–Trinajstić information content (AvgIpc) is 3.33. The number of tetrazole rings is 1. The van der Waals surface area contributed by atoms with Gasteiger partial charge in [0.25, 0.3) is 0 Å². The molecule has 1 aliphatic heterocycles. The molecule has 2 heterocycles. The van der Waals surface area contributed by atoms with Crippen molar-refractivity contribution in [2.24, 2.45) is 5.92 Å². The molecule has 3 aromatic rings. The second-order valence-electron chi connectivity index (χ2n) is 7.47. The van der Waals surface area contributed by atoms with Crippen molar-refractivity contribution in [1.29, 1.82) is 0 Å². The van der Waals surface area contributed by atoms with Crippen molar-refractivity contribution < 1.29 is 9.59 Å². The fourth-order valence-electron chi connectivity index (χ4n) is 3.81. The molecule has 8 heteroatoms. The van der Waals surface area contributed by atoms with Crippen LogP contribution in [0.5, 0.6) is 0 Å². The van der Waals surface area contributed by atoms with Gasteiger partial charge in [-0.15, -0.1) is 5.10 Å². The van der Waals surface area contributed by atoms with Crippen LogP contribution < -0.4 is 5.32 Å². The molecule has 0 radical (unpaired) electrons. The smallest absolute Gasteiger partial charge is 0.247 e. The van der Waals surface area contributed by atoms with Crippen LogP contribution >= 0.6 is 0 Å². The van der Waals surface area contributed by atoms with E-state index in [2.05, 4.69) is 20.8 Å². The molecule has 0 spiro atoms. The van der Waals surface area contributed by atoms with E-state index in [1.807, 2.05) is 60.7 Å². The number of carbonyl (C=O) groups is 2. The van der Waals surface area contributed by atoms with Gasteiger partial charge in [-0.05, 0) is 41.0 Å². The highest BCUT2D eigenvalue weighted by atomic mass is 16.2.